The molecular weight excluding hydrogens is 206 g/mol. The van der Waals surface area contributed by atoms with Gasteiger partial charge in [0.2, 0.25) is 5.91 Å². The molecule has 0 bridgehead atoms. The van der Waals surface area contributed by atoms with E-state index in [0.29, 0.717) is 0 Å². The molecule has 0 aliphatic heterocycles. The van der Waals surface area contributed by atoms with E-state index in [9.17, 15) is 14.7 Å². The molecule has 0 saturated heterocycles. The first-order valence-corrected chi connectivity index (χ1v) is 4.79. The molecule has 1 amide bonds. The van der Waals surface area contributed by atoms with Gasteiger partial charge in [0.1, 0.15) is 5.75 Å². The highest BCUT2D eigenvalue weighted by Crippen LogP contribution is 2.19. The molecule has 0 unspecified atom stereocenters. The molecule has 0 spiro atoms. The molecule has 4 heteroatoms. The number of amides is 1. The van der Waals surface area contributed by atoms with Gasteiger partial charge in [-0.15, -0.1) is 0 Å². The van der Waals surface area contributed by atoms with Crippen molar-refractivity contribution in [2.75, 3.05) is 0 Å². The van der Waals surface area contributed by atoms with E-state index in [4.69, 9.17) is 5.73 Å². The lowest BCUT2D eigenvalue weighted by atomic mass is 10.1. The fraction of sp³-hybridized carbons (Fsp3) is 0.167. The van der Waals surface area contributed by atoms with Crippen LogP contribution in [0.2, 0.25) is 0 Å². The highest BCUT2D eigenvalue weighted by atomic mass is 16.3. The number of hydrogen-bond acceptors (Lipinski definition) is 3. The fourth-order valence-corrected chi connectivity index (χ4v) is 1.25. The first-order chi connectivity index (χ1) is 7.50. The van der Waals surface area contributed by atoms with Gasteiger partial charge in [0, 0.05) is 6.42 Å². The van der Waals surface area contributed by atoms with Crippen LogP contribution in [0.15, 0.2) is 24.3 Å². The van der Waals surface area contributed by atoms with Gasteiger partial charge in [0.25, 0.3) is 0 Å². The van der Waals surface area contributed by atoms with E-state index >= 15 is 0 Å². The van der Waals surface area contributed by atoms with E-state index < -0.39 is 5.91 Å². The third kappa shape index (κ3) is 3.24. The van der Waals surface area contributed by atoms with Crippen molar-refractivity contribution >= 4 is 17.8 Å². The van der Waals surface area contributed by atoms with Crippen LogP contribution in [-0.4, -0.2) is 16.8 Å². The lowest BCUT2D eigenvalue weighted by molar-refractivity contribution is -0.117. The number of ketones is 1. The molecule has 0 fully saturated rings. The van der Waals surface area contributed by atoms with Crippen LogP contribution in [0.4, 0.5) is 0 Å². The number of Topliss-reactive ketones (excluding diaryl/α,β-unsaturated/α-hetero) is 1. The molecule has 0 saturated carbocycles. The zero-order valence-corrected chi connectivity index (χ0v) is 8.93. The minimum atomic E-state index is -0.415. The van der Waals surface area contributed by atoms with E-state index in [-0.39, 0.29) is 23.5 Å². The zero-order chi connectivity index (χ0) is 12.1. The summed E-state index contributed by atoms with van der Waals surface area (Å²) in [6, 6.07) is 4.66. The van der Waals surface area contributed by atoms with E-state index in [0.717, 1.165) is 5.56 Å². The summed E-state index contributed by atoms with van der Waals surface area (Å²) in [5.74, 6) is -0.663. The normalized spacial score (nSPS) is 10.6. The second-order valence-electron chi connectivity index (χ2n) is 3.41. The maximum Gasteiger partial charge on any atom is 0.221 e. The molecule has 1 aromatic carbocycles. The monoisotopic (exact) mass is 219 g/mol. The number of carbonyl (C=O) groups excluding carboxylic acids is 2. The maximum absolute atomic E-state index is 11.1. The summed E-state index contributed by atoms with van der Waals surface area (Å²) < 4.78 is 0. The van der Waals surface area contributed by atoms with Crippen LogP contribution in [0.1, 0.15) is 29.3 Å². The van der Waals surface area contributed by atoms with Gasteiger partial charge in [-0.25, -0.2) is 0 Å². The molecular formula is C12H13NO3. The van der Waals surface area contributed by atoms with Crippen LogP contribution in [-0.2, 0) is 4.79 Å². The predicted molar refractivity (Wildman–Crippen MR) is 61.0 cm³/mol. The summed E-state index contributed by atoms with van der Waals surface area (Å²) in [6.45, 7) is 1.38. The Morgan fingerprint density at radius 2 is 2.12 bits per heavy atom. The molecule has 16 heavy (non-hydrogen) atoms. The zero-order valence-electron chi connectivity index (χ0n) is 8.93. The van der Waals surface area contributed by atoms with Crippen molar-refractivity contribution in [1.82, 2.24) is 0 Å². The Hall–Kier alpha value is -2.10. The molecule has 0 aliphatic carbocycles. The van der Waals surface area contributed by atoms with Crippen molar-refractivity contribution in [2.24, 2.45) is 5.73 Å². The first-order valence-electron chi connectivity index (χ1n) is 4.79. The number of primary amides is 1. The number of rotatable bonds is 4. The second-order valence-corrected chi connectivity index (χ2v) is 3.41. The summed E-state index contributed by atoms with van der Waals surface area (Å²) in [5.41, 5.74) is 5.98. The Labute approximate surface area is 93.4 Å². The number of nitrogens with two attached hydrogens (primary N) is 1. The van der Waals surface area contributed by atoms with Crippen LogP contribution < -0.4 is 5.73 Å². The Morgan fingerprint density at radius 1 is 1.44 bits per heavy atom. The summed E-state index contributed by atoms with van der Waals surface area (Å²) in [4.78, 5) is 21.6. The van der Waals surface area contributed by atoms with Gasteiger partial charge >= 0.3 is 0 Å². The van der Waals surface area contributed by atoms with Gasteiger partial charge < -0.3 is 10.8 Å². The van der Waals surface area contributed by atoms with E-state index in [1.54, 1.807) is 24.3 Å². The summed E-state index contributed by atoms with van der Waals surface area (Å²) >= 11 is 0. The Balaban J connectivity index is 2.91. The first kappa shape index (κ1) is 12.0. The minimum absolute atomic E-state index is 0.0421. The standard InChI is InChI=1S/C12H13NO3/c1-8(14)10-7-9(5-6-11(10)15)3-2-4-12(13)16/h2-3,5-7,15H,4H2,1H3,(H2,13,16). The van der Waals surface area contributed by atoms with Crippen molar-refractivity contribution in [1.29, 1.82) is 0 Å². The van der Waals surface area contributed by atoms with E-state index in [1.807, 2.05) is 0 Å². The van der Waals surface area contributed by atoms with E-state index in [1.165, 1.54) is 13.0 Å². The smallest absolute Gasteiger partial charge is 0.221 e. The van der Waals surface area contributed by atoms with Gasteiger partial charge in [-0.1, -0.05) is 18.2 Å². The average Bonchev–Trinajstić information content (AvgIpc) is 2.19. The fourth-order valence-electron chi connectivity index (χ4n) is 1.25. The highest BCUT2D eigenvalue weighted by Gasteiger charge is 2.05. The Morgan fingerprint density at radius 3 is 2.69 bits per heavy atom. The van der Waals surface area contributed by atoms with Gasteiger partial charge in [-0.05, 0) is 24.6 Å². The van der Waals surface area contributed by atoms with Gasteiger partial charge in [-0.2, -0.15) is 0 Å². The number of carbonyl (C=O) groups is 2. The highest BCUT2D eigenvalue weighted by molar-refractivity contribution is 5.97. The second kappa shape index (κ2) is 5.11. The Kier molecular flexibility index (Phi) is 3.83. The van der Waals surface area contributed by atoms with Gasteiger partial charge in [-0.3, -0.25) is 9.59 Å². The summed E-state index contributed by atoms with van der Waals surface area (Å²) in [5, 5.41) is 9.40. The molecule has 0 aliphatic rings. The van der Waals surface area contributed by atoms with Crippen LogP contribution in [0.25, 0.3) is 6.08 Å². The molecule has 1 aromatic rings. The topological polar surface area (TPSA) is 80.4 Å². The van der Waals surface area contributed by atoms with Crippen molar-refractivity contribution in [3.8, 4) is 5.75 Å². The SMILES string of the molecule is CC(=O)c1cc(C=CCC(N)=O)ccc1O. The van der Waals surface area contributed by atoms with Crippen molar-refractivity contribution in [3.63, 3.8) is 0 Å². The van der Waals surface area contributed by atoms with Crippen molar-refractivity contribution in [2.45, 2.75) is 13.3 Å². The van der Waals surface area contributed by atoms with Crippen LogP contribution >= 0.6 is 0 Å². The summed E-state index contributed by atoms with van der Waals surface area (Å²) in [6.07, 6.45) is 3.44. The van der Waals surface area contributed by atoms with Gasteiger partial charge in [0.15, 0.2) is 5.78 Å². The number of phenolic OH excluding ortho intramolecular Hbond substituents is 1. The number of aromatic hydroxyl groups is 1. The minimum Gasteiger partial charge on any atom is -0.507 e. The quantitative estimate of drug-likeness (QED) is 0.753. The molecule has 1 rings (SSSR count). The van der Waals surface area contributed by atoms with Crippen molar-refractivity contribution in [3.05, 3.63) is 35.4 Å². The summed E-state index contributed by atoms with van der Waals surface area (Å²) in [7, 11) is 0. The number of phenols is 1. The molecule has 3 N–H and O–H groups in total. The van der Waals surface area contributed by atoms with Crippen molar-refractivity contribution < 1.29 is 14.7 Å². The molecule has 0 aromatic heterocycles. The number of hydrogen-bond donors (Lipinski definition) is 2. The molecule has 0 radical (unpaired) electrons. The Bertz CT molecular complexity index is 450. The predicted octanol–water partition coefficient (Wildman–Crippen LogP) is 1.48. The third-order valence-corrected chi connectivity index (χ3v) is 2.03. The molecule has 84 valence electrons. The van der Waals surface area contributed by atoms with Crippen LogP contribution in [0.3, 0.4) is 0 Å². The third-order valence-electron chi connectivity index (χ3n) is 2.03. The van der Waals surface area contributed by atoms with Crippen LogP contribution in [0.5, 0.6) is 5.75 Å². The lowest BCUT2D eigenvalue weighted by Crippen LogP contribution is -2.07. The number of benzene rings is 1. The van der Waals surface area contributed by atoms with Crippen LogP contribution in [0, 0.1) is 0 Å². The molecule has 0 atom stereocenters. The van der Waals surface area contributed by atoms with E-state index in [2.05, 4.69) is 0 Å². The molecule has 4 nitrogen and oxygen atoms in total. The van der Waals surface area contributed by atoms with Gasteiger partial charge in [0.05, 0.1) is 5.56 Å². The lowest BCUT2D eigenvalue weighted by Gasteiger charge is -2.01. The largest absolute Gasteiger partial charge is 0.507 e. The average molecular weight is 219 g/mol. The maximum atomic E-state index is 11.1. The molecule has 0 heterocycles.